The number of carbonyl (C=O) groups is 2. The molecule has 2 rings (SSSR count). The van der Waals surface area contributed by atoms with Crippen molar-refractivity contribution < 1.29 is 32.6 Å². The molecule has 1 aliphatic rings. The lowest BCUT2D eigenvalue weighted by atomic mass is 10.0. The highest BCUT2D eigenvalue weighted by Crippen LogP contribution is 2.28. The summed E-state index contributed by atoms with van der Waals surface area (Å²) in [5.41, 5.74) is 0.773. The molecular weight excluding hydrogens is 279 g/mol. The average molecular weight is 289 g/mol. The maximum atomic E-state index is 12.2. The van der Waals surface area contributed by atoms with Gasteiger partial charge in [0.25, 0.3) is 0 Å². The first-order chi connectivity index (χ1) is 9.29. The monoisotopic (exact) mass is 289 g/mol. The molecule has 1 aliphatic heterocycles. The first-order valence-corrected chi connectivity index (χ1v) is 5.65. The Morgan fingerprint density at radius 3 is 2.65 bits per heavy atom. The highest BCUT2D eigenvalue weighted by molar-refractivity contribution is 5.87. The number of rotatable bonds is 3. The fourth-order valence-corrected chi connectivity index (χ4v) is 1.89. The SMILES string of the molecule is O=C(O)C(NC(=O)C(F)(F)F)c1ccc2c(c1)CCO2. The molecule has 1 amide bonds. The summed E-state index contributed by atoms with van der Waals surface area (Å²) in [6, 6.07) is 2.47. The Morgan fingerprint density at radius 2 is 2.05 bits per heavy atom. The number of carboxylic acids is 1. The van der Waals surface area contributed by atoms with Crippen molar-refractivity contribution >= 4 is 11.9 Å². The van der Waals surface area contributed by atoms with Crippen molar-refractivity contribution in [2.75, 3.05) is 6.61 Å². The third-order valence-corrected chi connectivity index (χ3v) is 2.83. The van der Waals surface area contributed by atoms with Gasteiger partial charge in [-0.25, -0.2) is 4.79 Å². The molecule has 2 N–H and O–H groups in total. The molecule has 108 valence electrons. The molecule has 1 unspecified atom stereocenters. The van der Waals surface area contributed by atoms with E-state index >= 15 is 0 Å². The van der Waals surface area contributed by atoms with Crippen molar-refractivity contribution in [1.29, 1.82) is 0 Å². The summed E-state index contributed by atoms with van der Waals surface area (Å²) in [6.45, 7) is 0.436. The molecule has 0 aromatic heterocycles. The number of amides is 1. The molecule has 5 nitrogen and oxygen atoms in total. The number of halogens is 3. The molecule has 0 aliphatic carbocycles. The molecule has 20 heavy (non-hydrogen) atoms. The lowest BCUT2D eigenvalue weighted by Gasteiger charge is -2.16. The van der Waals surface area contributed by atoms with Crippen molar-refractivity contribution in [2.24, 2.45) is 0 Å². The molecule has 0 saturated carbocycles. The standard InChI is InChI=1S/C12H10F3NO4/c13-12(14,15)11(19)16-9(10(17)18)7-1-2-8-6(5-7)3-4-20-8/h1-2,5,9H,3-4H2,(H,16,19)(H,17,18). The second-order valence-corrected chi connectivity index (χ2v) is 4.21. The van der Waals surface area contributed by atoms with Gasteiger partial charge in [-0.15, -0.1) is 0 Å². The fourth-order valence-electron chi connectivity index (χ4n) is 1.89. The lowest BCUT2D eigenvalue weighted by Crippen LogP contribution is -2.41. The van der Waals surface area contributed by atoms with Gasteiger partial charge in [-0.2, -0.15) is 13.2 Å². The predicted molar refractivity (Wildman–Crippen MR) is 60.2 cm³/mol. The summed E-state index contributed by atoms with van der Waals surface area (Å²) in [5.74, 6) is -3.29. The molecule has 0 saturated heterocycles. The zero-order valence-corrected chi connectivity index (χ0v) is 10.0. The van der Waals surface area contributed by atoms with E-state index in [2.05, 4.69) is 0 Å². The van der Waals surface area contributed by atoms with E-state index in [1.54, 1.807) is 0 Å². The van der Waals surface area contributed by atoms with E-state index < -0.39 is 24.1 Å². The van der Waals surface area contributed by atoms with Crippen LogP contribution in [-0.4, -0.2) is 29.8 Å². The number of ether oxygens (including phenoxy) is 1. The summed E-state index contributed by atoms with van der Waals surface area (Å²) in [6.07, 6.45) is -4.59. The number of benzene rings is 1. The largest absolute Gasteiger partial charge is 0.493 e. The minimum Gasteiger partial charge on any atom is -0.493 e. The van der Waals surface area contributed by atoms with E-state index in [-0.39, 0.29) is 5.56 Å². The van der Waals surface area contributed by atoms with E-state index in [0.29, 0.717) is 24.3 Å². The molecule has 0 fully saturated rings. The van der Waals surface area contributed by atoms with Gasteiger partial charge in [-0.3, -0.25) is 4.79 Å². The van der Waals surface area contributed by atoms with Crippen LogP contribution in [0, 0.1) is 0 Å². The smallest absolute Gasteiger partial charge is 0.471 e. The van der Waals surface area contributed by atoms with Gasteiger partial charge >= 0.3 is 18.1 Å². The Labute approximate surface area is 111 Å². The van der Waals surface area contributed by atoms with Gasteiger partial charge in [0.1, 0.15) is 5.75 Å². The van der Waals surface area contributed by atoms with E-state index in [1.807, 2.05) is 0 Å². The highest BCUT2D eigenvalue weighted by Gasteiger charge is 2.41. The van der Waals surface area contributed by atoms with Crippen molar-refractivity contribution in [3.05, 3.63) is 29.3 Å². The van der Waals surface area contributed by atoms with Crippen LogP contribution in [0.2, 0.25) is 0 Å². The van der Waals surface area contributed by atoms with Gasteiger partial charge in [-0.1, -0.05) is 6.07 Å². The quantitative estimate of drug-likeness (QED) is 0.882. The zero-order chi connectivity index (χ0) is 14.9. The lowest BCUT2D eigenvalue weighted by molar-refractivity contribution is -0.175. The summed E-state index contributed by atoms with van der Waals surface area (Å²) >= 11 is 0. The van der Waals surface area contributed by atoms with Crippen LogP contribution in [0.25, 0.3) is 0 Å². The molecule has 1 heterocycles. The van der Waals surface area contributed by atoms with Crippen LogP contribution in [-0.2, 0) is 16.0 Å². The van der Waals surface area contributed by atoms with Gasteiger partial charge in [0, 0.05) is 6.42 Å². The van der Waals surface area contributed by atoms with Gasteiger partial charge in [0.2, 0.25) is 0 Å². The Kier molecular flexibility index (Phi) is 3.56. The van der Waals surface area contributed by atoms with Gasteiger partial charge in [0.15, 0.2) is 6.04 Å². The normalized spacial score (nSPS) is 15.2. The van der Waals surface area contributed by atoms with Gasteiger partial charge in [-0.05, 0) is 23.3 Å². The first-order valence-electron chi connectivity index (χ1n) is 5.65. The number of nitrogens with one attached hydrogen (secondary N) is 1. The second-order valence-electron chi connectivity index (χ2n) is 4.21. The van der Waals surface area contributed by atoms with Crippen LogP contribution in [0.5, 0.6) is 5.75 Å². The summed E-state index contributed by atoms with van der Waals surface area (Å²) in [4.78, 5) is 21.9. The van der Waals surface area contributed by atoms with Crippen LogP contribution in [0.4, 0.5) is 13.2 Å². The van der Waals surface area contributed by atoms with Crippen molar-refractivity contribution in [1.82, 2.24) is 5.32 Å². The molecule has 1 aromatic carbocycles. The number of carboxylic acid groups (broad SMARTS) is 1. The Morgan fingerprint density at radius 1 is 1.35 bits per heavy atom. The van der Waals surface area contributed by atoms with Crippen LogP contribution < -0.4 is 10.1 Å². The summed E-state index contributed by atoms with van der Waals surface area (Å²) in [5, 5.41) is 10.4. The molecule has 0 radical (unpaired) electrons. The van der Waals surface area contributed by atoms with Crippen molar-refractivity contribution in [3.8, 4) is 5.75 Å². The maximum Gasteiger partial charge on any atom is 0.471 e. The van der Waals surface area contributed by atoms with Crippen LogP contribution in [0.3, 0.4) is 0 Å². The molecule has 0 bridgehead atoms. The topological polar surface area (TPSA) is 75.6 Å². The van der Waals surface area contributed by atoms with Crippen molar-refractivity contribution in [3.63, 3.8) is 0 Å². The van der Waals surface area contributed by atoms with E-state index in [1.165, 1.54) is 23.5 Å². The number of hydrogen-bond acceptors (Lipinski definition) is 3. The highest BCUT2D eigenvalue weighted by atomic mass is 19.4. The molecule has 1 aromatic rings. The minimum absolute atomic E-state index is 0.0688. The van der Waals surface area contributed by atoms with Gasteiger partial charge in [0.05, 0.1) is 6.61 Å². The van der Waals surface area contributed by atoms with Crippen LogP contribution in [0.15, 0.2) is 18.2 Å². The van der Waals surface area contributed by atoms with E-state index in [9.17, 15) is 22.8 Å². The molecule has 1 atom stereocenters. The molecule has 8 heteroatoms. The molecule has 0 spiro atoms. The first kappa shape index (κ1) is 14.2. The predicted octanol–water partition coefficient (Wildman–Crippen LogP) is 1.43. The fraction of sp³-hybridized carbons (Fsp3) is 0.333. The van der Waals surface area contributed by atoms with Crippen molar-refractivity contribution in [2.45, 2.75) is 18.6 Å². The Bertz CT molecular complexity index is 556. The number of alkyl halides is 3. The average Bonchev–Trinajstić information content (AvgIpc) is 2.80. The number of hydrogen-bond donors (Lipinski definition) is 2. The third-order valence-electron chi connectivity index (χ3n) is 2.83. The van der Waals surface area contributed by atoms with Crippen LogP contribution >= 0.6 is 0 Å². The number of carbonyl (C=O) groups excluding carboxylic acids is 1. The van der Waals surface area contributed by atoms with E-state index in [0.717, 1.165) is 0 Å². The number of aliphatic carboxylic acids is 1. The second kappa shape index (κ2) is 5.03. The summed E-state index contributed by atoms with van der Waals surface area (Å²) < 4.78 is 41.8. The zero-order valence-electron chi connectivity index (χ0n) is 10.0. The Hall–Kier alpha value is -2.25. The van der Waals surface area contributed by atoms with Crippen LogP contribution in [0.1, 0.15) is 17.2 Å². The van der Waals surface area contributed by atoms with Gasteiger partial charge < -0.3 is 15.2 Å². The molecular formula is C12H10F3NO4. The third kappa shape index (κ3) is 2.84. The maximum absolute atomic E-state index is 12.2. The van der Waals surface area contributed by atoms with E-state index in [4.69, 9.17) is 9.84 Å². The number of fused-ring (bicyclic) bond motifs is 1. The summed E-state index contributed by atoms with van der Waals surface area (Å²) in [7, 11) is 0. The minimum atomic E-state index is -5.13. The Balaban J connectivity index is 2.25.